The molecule has 1 saturated carbocycles. The van der Waals surface area contributed by atoms with Gasteiger partial charge in [0, 0.05) is 12.6 Å². The van der Waals surface area contributed by atoms with Crippen molar-refractivity contribution in [2.75, 3.05) is 26.8 Å². The molecule has 118 valence electrons. The van der Waals surface area contributed by atoms with Crippen LogP contribution in [0, 0.1) is 5.92 Å². The number of methoxy groups -OCH3 is 1. The number of benzene rings is 1. The first-order valence-corrected chi connectivity index (χ1v) is 7.51. The van der Waals surface area contributed by atoms with E-state index in [1.54, 1.807) is 13.2 Å². The molecule has 0 bridgehead atoms. The molecular formula is C16H25NO4. The molecule has 5 heteroatoms. The summed E-state index contributed by atoms with van der Waals surface area (Å²) in [6.45, 7) is 1.58. The second-order valence-electron chi connectivity index (χ2n) is 5.63. The summed E-state index contributed by atoms with van der Waals surface area (Å²) < 4.78 is 10.7. The smallest absolute Gasteiger partial charge is 0.123 e. The molecule has 0 amide bonds. The van der Waals surface area contributed by atoms with E-state index in [1.165, 1.54) is 0 Å². The topological polar surface area (TPSA) is 71.0 Å². The lowest BCUT2D eigenvalue weighted by atomic mass is 10.1. The molecule has 1 aliphatic rings. The fourth-order valence-electron chi connectivity index (χ4n) is 2.63. The normalized spacial score (nSPS) is 23.0. The highest BCUT2D eigenvalue weighted by Crippen LogP contribution is 2.24. The fraction of sp³-hybridized carbons (Fsp3) is 0.625. The molecule has 5 nitrogen and oxygen atoms in total. The molecule has 0 saturated heterocycles. The molecule has 21 heavy (non-hydrogen) atoms. The van der Waals surface area contributed by atoms with Crippen LogP contribution in [0.2, 0.25) is 0 Å². The quantitative estimate of drug-likeness (QED) is 0.672. The molecule has 0 heterocycles. The Hall–Kier alpha value is -1.30. The number of hydrogen-bond donors (Lipinski definition) is 3. The Labute approximate surface area is 125 Å². The van der Waals surface area contributed by atoms with Crippen LogP contribution < -0.4 is 14.8 Å². The summed E-state index contributed by atoms with van der Waals surface area (Å²) in [5.74, 6) is 1.94. The summed E-state index contributed by atoms with van der Waals surface area (Å²) in [5, 5.41) is 22.6. The van der Waals surface area contributed by atoms with Crippen molar-refractivity contribution >= 4 is 0 Å². The van der Waals surface area contributed by atoms with Crippen LogP contribution >= 0.6 is 0 Å². The maximum Gasteiger partial charge on any atom is 0.123 e. The lowest BCUT2D eigenvalue weighted by Gasteiger charge is -2.15. The predicted octanol–water partition coefficient (Wildman–Crippen LogP) is 1.19. The first kappa shape index (κ1) is 16.1. The van der Waals surface area contributed by atoms with Crippen molar-refractivity contribution in [3.63, 3.8) is 0 Å². The molecule has 1 aliphatic carbocycles. The monoisotopic (exact) mass is 295 g/mol. The summed E-state index contributed by atoms with van der Waals surface area (Å²) >= 11 is 0. The first-order chi connectivity index (χ1) is 10.2. The third kappa shape index (κ3) is 5.53. The molecule has 3 N–H and O–H groups in total. The van der Waals surface area contributed by atoms with Gasteiger partial charge >= 0.3 is 0 Å². The Kier molecular flexibility index (Phi) is 6.29. The fourth-order valence-corrected chi connectivity index (χ4v) is 2.63. The average Bonchev–Trinajstić information content (AvgIpc) is 2.91. The van der Waals surface area contributed by atoms with E-state index in [0.717, 1.165) is 31.6 Å². The molecule has 3 atom stereocenters. The summed E-state index contributed by atoms with van der Waals surface area (Å²) in [6.07, 6.45) is 2.13. The van der Waals surface area contributed by atoms with E-state index in [-0.39, 0.29) is 12.7 Å². The first-order valence-electron chi connectivity index (χ1n) is 7.51. The van der Waals surface area contributed by atoms with Crippen LogP contribution in [-0.2, 0) is 0 Å². The van der Waals surface area contributed by atoms with Gasteiger partial charge in [-0.2, -0.15) is 0 Å². The SMILES string of the molecule is COc1cccc(OCC(O)CNCC2CCC(O)C2)c1. The van der Waals surface area contributed by atoms with Gasteiger partial charge in [0.1, 0.15) is 24.2 Å². The molecule has 0 radical (unpaired) electrons. The summed E-state index contributed by atoms with van der Waals surface area (Å²) in [7, 11) is 1.61. The highest BCUT2D eigenvalue weighted by Gasteiger charge is 2.22. The van der Waals surface area contributed by atoms with Gasteiger partial charge in [-0.25, -0.2) is 0 Å². The van der Waals surface area contributed by atoms with Crippen molar-refractivity contribution in [1.82, 2.24) is 5.32 Å². The van der Waals surface area contributed by atoms with E-state index in [1.807, 2.05) is 18.2 Å². The maximum absolute atomic E-state index is 9.89. The molecule has 1 aromatic carbocycles. The second-order valence-corrected chi connectivity index (χ2v) is 5.63. The van der Waals surface area contributed by atoms with Gasteiger partial charge in [-0.15, -0.1) is 0 Å². The van der Waals surface area contributed by atoms with Crippen LogP contribution in [0.5, 0.6) is 11.5 Å². The Morgan fingerprint density at radius 3 is 2.86 bits per heavy atom. The van der Waals surface area contributed by atoms with Crippen molar-refractivity contribution < 1.29 is 19.7 Å². The summed E-state index contributed by atoms with van der Waals surface area (Å²) in [5.41, 5.74) is 0. The Morgan fingerprint density at radius 2 is 2.14 bits per heavy atom. The van der Waals surface area contributed by atoms with Crippen LogP contribution in [0.4, 0.5) is 0 Å². The van der Waals surface area contributed by atoms with E-state index < -0.39 is 6.10 Å². The zero-order valence-electron chi connectivity index (χ0n) is 12.5. The highest BCUT2D eigenvalue weighted by molar-refractivity contribution is 5.32. The number of nitrogens with one attached hydrogen (secondary N) is 1. The molecule has 1 fully saturated rings. The zero-order chi connectivity index (χ0) is 15.1. The van der Waals surface area contributed by atoms with Crippen molar-refractivity contribution in [3.8, 4) is 11.5 Å². The van der Waals surface area contributed by atoms with Crippen LogP contribution in [0.3, 0.4) is 0 Å². The molecule has 0 aliphatic heterocycles. The second kappa shape index (κ2) is 8.22. The van der Waals surface area contributed by atoms with Crippen molar-refractivity contribution in [2.45, 2.75) is 31.5 Å². The van der Waals surface area contributed by atoms with Crippen molar-refractivity contribution in [2.24, 2.45) is 5.92 Å². The average molecular weight is 295 g/mol. The van der Waals surface area contributed by atoms with Gasteiger partial charge in [-0.1, -0.05) is 6.07 Å². The van der Waals surface area contributed by atoms with Crippen LogP contribution in [0.1, 0.15) is 19.3 Å². The largest absolute Gasteiger partial charge is 0.497 e. The van der Waals surface area contributed by atoms with Gasteiger partial charge in [-0.05, 0) is 43.9 Å². The van der Waals surface area contributed by atoms with Gasteiger partial charge < -0.3 is 25.0 Å². The number of aliphatic hydroxyl groups is 2. The minimum Gasteiger partial charge on any atom is -0.497 e. The third-order valence-corrected chi connectivity index (χ3v) is 3.81. The van der Waals surface area contributed by atoms with Crippen molar-refractivity contribution in [1.29, 1.82) is 0 Å². The predicted molar refractivity (Wildman–Crippen MR) is 80.7 cm³/mol. The zero-order valence-corrected chi connectivity index (χ0v) is 12.5. The molecule has 0 spiro atoms. The van der Waals surface area contributed by atoms with Crippen LogP contribution in [-0.4, -0.2) is 49.2 Å². The van der Waals surface area contributed by atoms with Gasteiger partial charge in [0.25, 0.3) is 0 Å². The maximum atomic E-state index is 9.89. The van der Waals surface area contributed by atoms with E-state index in [2.05, 4.69) is 5.32 Å². The minimum atomic E-state index is -0.553. The Morgan fingerprint density at radius 1 is 1.33 bits per heavy atom. The molecule has 1 aromatic rings. The molecule has 0 aromatic heterocycles. The van der Waals surface area contributed by atoms with Gasteiger partial charge in [0.05, 0.1) is 13.2 Å². The number of rotatable bonds is 8. The number of aliphatic hydroxyl groups excluding tert-OH is 2. The van der Waals surface area contributed by atoms with E-state index in [0.29, 0.717) is 18.2 Å². The number of hydrogen-bond acceptors (Lipinski definition) is 5. The molecular weight excluding hydrogens is 270 g/mol. The van der Waals surface area contributed by atoms with Gasteiger partial charge in [0.15, 0.2) is 0 Å². The summed E-state index contributed by atoms with van der Waals surface area (Å²) in [6, 6.07) is 7.33. The van der Waals surface area contributed by atoms with E-state index >= 15 is 0 Å². The molecule has 3 unspecified atom stereocenters. The summed E-state index contributed by atoms with van der Waals surface area (Å²) in [4.78, 5) is 0. The highest BCUT2D eigenvalue weighted by atomic mass is 16.5. The molecule has 2 rings (SSSR count). The van der Waals surface area contributed by atoms with Crippen molar-refractivity contribution in [3.05, 3.63) is 24.3 Å². The van der Waals surface area contributed by atoms with Gasteiger partial charge in [-0.3, -0.25) is 0 Å². The van der Waals surface area contributed by atoms with Crippen LogP contribution in [0.25, 0.3) is 0 Å². The van der Waals surface area contributed by atoms with Crippen LogP contribution in [0.15, 0.2) is 24.3 Å². The Bertz CT molecular complexity index is 426. The standard InChI is InChI=1S/C16H25NO4/c1-20-15-3-2-4-16(8-15)21-11-14(19)10-17-9-12-5-6-13(18)7-12/h2-4,8,12-14,17-19H,5-7,9-11H2,1H3. The van der Waals surface area contributed by atoms with E-state index in [9.17, 15) is 10.2 Å². The van der Waals surface area contributed by atoms with E-state index in [4.69, 9.17) is 9.47 Å². The minimum absolute atomic E-state index is 0.141. The Balaban J connectivity index is 1.61. The third-order valence-electron chi connectivity index (χ3n) is 3.81. The lowest BCUT2D eigenvalue weighted by molar-refractivity contribution is 0.105. The number of ether oxygens (including phenoxy) is 2. The lowest BCUT2D eigenvalue weighted by Crippen LogP contribution is -2.34. The van der Waals surface area contributed by atoms with Gasteiger partial charge in [0.2, 0.25) is 0 Å².